The van der Waals surface area contributed by atoms with Crippen molar-refractivity contribution in [3.8, 4) is 11.1 Å². The van der Waals surface area contributed by atoms with Gasteiger partial charge in [-0.15, -0.1) is 0 Å². The van der Waals surface area contributed by atoms with Crippen LogP contribution in [0.3, 0.4) is 0 Å². The standard InChI is InChI=1S/C22H19BrN4O3S/c1-13-4-9-17(23)18(10-13)31(29,30)19-12-25-21-20(26-19)16(11-24-21)14-5-7-15(8-6-14)22(28)27(2)3/h4-12H,1-3H3,(H,24,25). The lowest BCUT2D eigenvalue weighted by atomic mass is 10.1. The fourth-order valence-corrected chi connectivity index (χ4v) is 5.38. The molecule has 0 atom stereocenters. The molecule has 0 aliphatic carbocycles. The number of carbonyl (C=O) groups is 1. The first-order chi connectivity index (χ1) is 14.7. The molecule has 1 N–H and O–H groups in total. The first kappa shape index (κ1) is 21.2. The molecule has 0 fully saturated rings. The first-order valence-electron chi connectivity index (χ1n) is 9.36. The number of hydrogen-bond acceptors (Lipinski definition) is 5. The molecule has 0 unspecified atom stereocenters. The number of nitrogens with zero attached hydrogens (tertiary/aromatic N) is 3. The molecule has 0 saturated heterocycles. The molecular weight excluding hydrogens is 480 g/mol. The molecule has 31 heavy (non-hydrogen) atoms. The van der Waals surface area contributed by atoms with Crippen LogP contribution in [0.25, 0.3) is 22.3 Å². The molecule has 0 aliphatic heterocycles. The van der Waals surface area contributed by atoms with Crippen LogP contribution in [-0.4, -0.2) is 48.3 Å². The number of H-pyrrole nitrogens is 1. The van der Waals surface area contributed by atoms with Crippen molar-refractivity contribution in [3.63, 3.8) is 0 Å². The zero-order chi connectivity index (χ0) is 22.3. The largest absolute Gasteiger partial charge is 0.345 e. The van der Waals surface area contributed by atoms with Crippen LogP contribution in [0.2, 0.25) is 0 Å². The minimum absolute atomic E-state index is 0.0950. The lowest BCUT2D eigenvalue weighted by molar-refractivity contribution is 0.0827. The molecule has 0 spiro atoms. The van der Waals surface area contributed by atoms with Crippen LogP contribution in [0.4, 0.5) is 0 Å². The molecule has 0 bridgehead atoms. The number of aromatic amines is 1. The maximum atomic E-state index is 13.2. The summed E-state index contributed by atoms with van der Waals surface area (Å²) in [5.41, 5.74) is 3.80. The number of hydrogen-bond donors (Lipinski definition) is 1. The normalized spacial score (nSPS) is 11.6. The number of rotatable bonds is 4. The van der Waals surface area contributed by atoms with Gasteiger partial charge in [0.1, 0.15) is 5.52 Å². The van der Waals surface area contributed by atoms with Crippen LogP contribution >= 0.6 is 15.9 Å². The third kappa shape index (κ3) is 3.86. The highest BCUT2D eigenvalue weighted by molar-refractivity contribution is 9.10. The Bertz CT molecular complexity index is 1410. The number of fused-ring (bicyclic) bond motifs is 1. The Labute approximate surface area is 188 Å². The molecule has 9 heteroatoms. The van der Waals surface area contributed by atoms with Gasteiger partial charge in [-0.2, -0.15) is 0 Å². The quantitative estimate of drug-likeness (QED) is 0.454. The molecule has 0 aliphatic rings. The smallest absolute Gasteiger partial charge is 0.253 e. The average molecular weight is 499 g/mol. The molecule has 2 aromatic carbocycles. The van der Waals surface area contributed by atoms with Gasteiger partial charge in [-0.05, 0) is 58.2 Å². The third-order valence-electron chi connectivity index (χ3n) is 4.86. The summed E-state index contributed by atoms with van der Waals surface area (Å²) in [6.45, 7) is 1.83. The minimum Gasteiger partial charge on any atom is -0.345 e. The zero-order valence-electron chi connectivity index (χ0n) is 17.0. The number of benzene rings is 2. The van der Waals surface area contributed by atoms with Gasteiger partial charge in [-0.1, -0.05) is 18.2 Å². The Morgan fingerprint density at radius 3 is 2.48 bits per heavy atom. The summed E-state index contributed by atoms with van der Waals surface area (Å²) in [4.78, 5) is 25.5. The van der Waals surface area contributed by atoms with Crippen LogP contribution in [0.15, 0.2) is 69.3 Å². The van der Waals surface area contributed by atoms with Crippen LogP contribution in [0.1, 0.15) is 15.9 Å². The van der Waals surface area contributed by atoms with E-state index in [2.05, 4.69) is 30.9 Å². The fraction of sp³-hybridized carbons (Fsp3) is 0.136. The van der Waals surface area contributed by atoms with E-state index in [-0.39, 0.29) is 15.8 Å². The van der Waals surface area contributed by atoms with E-state index in [4.69, 9.17) is 0 Å². The van der Waals surface area contributed by atoms with Crippen LogP contribution in [-0.2, 0) is 9.84 Å². The molecule has 4 aromatic rings. The number of carbonyl (C=O) groups excluding carboxylic acids is 1. The predicted molar refractivity (Wildman–Crippen MR) is 122 cm³/mol. The number of amides is 1. The summed E-state index contributed by atoms with van der Waals surface area (Å²) in [6.07, 6.45) is 2.98. The van der Waals surface area contributed by atoms with Gasteiger partial charge in [0.05, 0.1) is 11.1 Å². The lowest BCUT2D eigenvalue weighted by Crippen LogP contribution is -2.21. The van der Waals surface area contributed by atoms with Crippen molar-refractivity contribution in [2.75, 3.05) is 14.1 Å². The summed E-state index contributed by atoms with van der Waals surface area (Å²) in [6, 6.07) is 12.2. The van der Waals surface area contributed by atoms with E-state index < -0.39 is 9.84 Å². The van der Waals surface area contributed by atoms with E-state index in [0.717, 1.165) is 11.1 Å². The van der Waals surface area contributed by atoms with Crippen molar-refractivity contribution in [3.05, 3.63) is 70.5 Å². The Hall–Kier alpha value is -3.04. The molecule has 1 amide bonds. The van der Waals surface area contributed by atoms with Gasteiger partial charge in [0, 0.05) is 35.9 Å². The lowest BCUT2D eigenvalue weighted by Gasteiger charge is -2.10. The third-order valence-corrected chi connectivity index (χ3v) is 7.48. The Morgan fingerprint density at radius 1 is 1.10 bits per heavy atom. The summed E-state index contributed by atoms with van der Waals surface area (Å²) in [7, 11) is -0.483. The van der Waals surface area contributed by atoms with Gasteiger partial charge in [-0.25, -0.2) is 18.4 Å². The van der Waals surface area contributed by atoms with Crippen molar-refractivity contribution in [1.29, 1.82) is 0 Å². The maximum Gasteiger partial charge on any atom is 0.253 e. The van der Waals surface area contributed by atoms with Crippen molar-refractivity contribution >= 4 is 42.8 Å². The number of halogens is 1. The van der Waals surface area contributed by atoms with Gasteiger partial charge in [0.25, 0.3) is 5.91 Å². The van der Waals surface area contributed by atoms with Gasteiger partial charge in [-0.3, -0.25) is 4.79 Å². The van der Waals surface area contributed by atoms with E-state index in [0.29, 0.717) is 26.8 Å². The monoisotopic (exact) mass is 498 g/mol. The highest BCUT2D eigenvalue weighted by Crippen LogP contribution is 2.31. The number of sulfone groups is 1. The Kier molecular flexibility index (Phi) is 5.40. The van der Waals surface area contributed by atoms with Crippen molar-refractivity contribution in [2.24, 2.45) is 0 Å². The second-order valence-electron chi connectivity index (χ2n) is 7.32. The van der Waals surface area contributed by atoms with Crippen LogP contribution < -0.4 is 0 Å². The number of aromatic nitrogens is 3. The summed E-state index contributed by atoms with van der Waals surface area (Å²) in [5, 5.41) is -0.133. The SMILES string of the molecule is Cc1ccc(Br)c(S(=O)(=O)c2cnc3[nH]cc(-c4ccc(C(=O)N(C)C)cc4)c3n2)c1. The average Bonchev–Trinajstić information content (AvgIpc) is 3.18. The van der Waals surface area contributed by atoms with Crippen molar-refractivity contribution < 1.29 is 13.2 Å². The second kappa shape index (κ2) is 7.90. The Balaban J connectivity index is 1.80. The zero-order valence-corrected chi connectivity index (χ0v) is 19.5. The van der Waals surface area contributed by atoms with Crippen molar-refractivity contribution in [2.45, 2.75) is 16.8 Å². The Morgan fingerprint density at radius 2 is 1.81 bits per heavy atom. The highest BCUT2D eigenvalue weighted by atomic mass is 79.9. The molecular formula is C22H19BrN4O3S. The van der Waals surface area contributed by atoms with E-state index in [9.17, 15) is 13.2 Å². The van der Waals surface area contributed by atoms with E-state index in [1.807, 2.05) is 13.0 Å². The van der Waals surface area contributed by atoms with Crippen molar-refractivity contribution in [1.82, 2.24) is 19.9 Å². The van der Waals surface area contributed by atoms with Gasteiger partial charge >= 0.3 is 0 Å². The molecule has 4 rings (SSSR count). The molecule has 2 heterocycles. The van der Waals surface area contributed by atoms with Gasteiger partial charge in [0.15, 0.2) is 10.7 Å². The van der Waals surface area contributed by atoms with E-state index in [1.165, 1.54) is 11.1 Å². The predicted octanol–water partition coefficient (Wildman–Crippen LogP) is 4.23. The fourth-order valence-electron chi connectivity index (χ4n) is 3.20. The highest BCUT2D eigenvalue weighted by Gasteiger charge is 2.24. The molecule has 7 nitrogen and oxygen atoms in total. The second-order valence-corrected chi connectivity index (χ2v) is 10.0. The van der Waals surface area contributed by atoms with Gasteiger partial charge < -0.3 is 9.88 Å². The molecule has 2 aromatic heterocycles. The van der Waals surface area contributed by atoms with E-state index in [1.54, 1.807) is 56.7 Å². The minimum atomic E-state index is -3.87. The molecule has 158 valence electrons. The molecule has 0 radical (unpaired) electrons. The number of aryl methyl sites for hydroxylation is 1. The van der Waals surface area contributed by atoms with Gasteiger partial charge in [0.2, 0.25) is 9.84 Å². The summed E-state index contributed by atoms with van der Waals surface area (Å²) in [5.74, 6) is -0.0950. The van der Waals surface area contributed by atoms with E-state index >= 15 is 0 Å². The van der Waals surface area contributed by atoms with Crippen LogP contribution in [0, 0.1) is 6.92 Å². The summed E-state index contributed by atoms with van der Waals surface area (Å²) < 4.78 is 26.9. The van der Waals surface area contributed by atoms with Crippen LogP contribution in [0.5, 0.6) is 0 Å². The number of nitrogens with one attached hydrogen (secondary N) is 1. The first-order valence-corrected chi connectivity index (χ1v) is 11.6. The topological polar surface area (TPSA) is 96.0 Å². The summed E-state index contributed by atoms with van der Waals surface area (Å²) >= 11 is 3.32. The maximum absolute atomic E-state index is 13.2. The molecule has 0 saturated carbocycles.